The number of hydrogen-bond acceptors (Lipinski definition) is 2. The maximum atomic E-state index is 11.4. The molecule has 1 saturated heterocycles. The van der Waals surface area contributed by atoms with E-state index in [4.69, 9.17) is 0 Å². The lowest BCUT2D eigenvalue weighted by atomic mass is 9.85. The van der Waals surface area contributed by atoms with E-state index >= 15 is 0 Å². The molecule has 0 aliphatic carbocycles. The Labute approximate surface area is 80.5 Å². The Morgan fingerprint density at radius 2 is 2.08 bits per heavy atom. The van der Waals surface area contributed by atoms with E-state index in [2.05, 4.69) is 20.4 Å². The summed E-state index contributed by atoms with van der Waals surface area (Å²) in [6, 6.07) is 0. The van der Waals surface area contributed by atoms with Crippen molar-refractivity contribution >= 4 is 10.0 Å². The van der Waals surface area contributed by atoms with Gasteiger partial charge in [0.25, 0.3) is 0 Å². The lowest BCUT2D eigenvalue weighted by Crippen LogP contribution is -2.42. The Kier molecular flexibility index (Phi) is 2.82. The maximum absolute atomic E-state index is 11.4. The largest absolute Gasteiger partial charge is 0.235 e. The van der Waals surface area contributed by atoms with Crippen molar-refractivity contribution in [2.75, 3.05) is 13.1 Å². The zero-order valence-electron chi connectivity index (χ0n) is 8.28. The quantitative estimate of drug-likeness (QED) is 0.683. The van der Waals surface area contributed by atoms with E-state index in [1.165, 1.54) is 4.31 Å². The minimum Gasteiger partial charge on any atom is -0.208 e. The first-order valence-corrected chi connectivity index (χ1v) is 6.00. The average Bonchev–Trinajstić information content (AvgIpc) is 2.03. The number of sulfonamides is 1. The first-order chi connectivity index (χ1) is 5.87. The van der Waals surface area contributed by atoms with Gasteiger partial charge in [-0.15, -0.1) is 0 Å². The van der Waals surface area contributed by atoms with Crippen LogP contribution in [0.3, 0.4) is 0 Å². The molecule has 0 saturated carbocycles. The molecule has 0 atom stereocenters. The Hall–Kier alpha value is -0.350. The highest BCUT2D eigenvalue weighted by Crippen LogP contribution is 2.29. The van der Waals surface area contributed by atoms with Crippen LogP contribution in [0.2, 0.25) is 0 Å². The molecule has 1 aliphatic rings. The zero-order valence-corrected chi connectivity index (χ0v) is 9.10. The van der Waals surface area contributed by atoms with Crippen LogP contribution in [0.25, 0.3) is 0 Å². The first-order valence-electron chi connectivity index (χ1n) is 4.50. The van der Waals surface area contributed by atoms with Gasteiger partial charge in [0.05, 0.1) is 0 Å². The Morgan fingerprint density at radius 1 is 1.46 bits per heavy atom. The van der Waals surface area contributed by atoms with E-state index < -0.39 is 10.0 Å². The molecule has 0 unspecified atom stereocenters. The van der Waals surface area contributed by atoms with Crippen molar-refractivity contribution in [2.45, 2.75) is 26.7 Å². The second-order valence-corrected chi connectivity index (χ2v) is 6.19. The van der Waals surface area contributed by atoms with E-state index in [9.17, 15) is 8.42 Å². The second-order valence-electron chi connectivity index (χ2n) is 4.31. The van der Waals surface area contributed by atoms with Crippen molar-refractivity contribution in [1.29, 1.82) is 0 Å². The number of nitrogens with zero attached hydrogens (tertiary/aromatic N) is 1. The van der Waals surface area contributed by atoms with Gasteiger partial charge in [-0.05, 0) is 18.3 Å². The fraction of sp³-hybridized carbons (Fsp3) is 0.778. The summed E-state index contributed by atoms with van der Waals surface area (Å²) in [6.07, 6.45) is 2.04. The third kappa shape index (κ3) is 2.54. The average molecular weight is 203 g/mol. The number of hydrogen-bond donors (Lipinski definition) is 0. The highest BCUT2D eigenvalue weighted by Gasteiger charge is 2.31. The van der Waals surface area contributed by atoms with Crippen LogP contribution in [-0.4, -0.2) is 25.8 Å². The summed E-state index contributed by atoms with van der Waals surface area (Å²) in [7, 11) is -3.20. The molecular formula is C9H17NO2S. The predicted octanol–water partition coefficient (Wildman–Crippen LogP) is 1.58. The molecule has 0 aromatic heterocycles. The fourth-order valence-electron chi connectivity index (χ4n) is 1.69. The van der Waals surface area contributed by atoms with E-state index in [0.717, 1.165) is 18.2 Å². The van der Waals surface area contributed by atoms with Gasteiger partial charge in [-0.3, -0.25) is 0 Å². The summed E-state index contributed by atoms with van der Waals surface area (Å²) < 4.78 is 24.4. The fourth-order valence-corrected chi connectivity index (χ4v) is 2.82. The third-order valence-corrected chi connectivity index (χ3v) is 3.89. The highest BCUT2D eigenvalue weighted by molar-refractivity contribution is 7.92. The van der Waals surface area contributed by atoms with E-state index in [1.807, 2.05) is 0 Å². The molecule has 13 heavy (non-hydrogen) atoms. The molecule has 1 fully saturated rings. The van der Waals surface area contributed by atoms with E-state index in [0.29, 0.717) is 13.1 Å². The third-order valence-electron chi connectivity index (χ3n) is 2.44. The Morgan fingerprint density at radius 3 is 2.54 bits per heavy atom. The SMILES string of the molecule is C=CS(=O)(=O)N1CCCC(C)(C)C1. The molecule has 0 aromatic carbocycles. The van der Waals surface area contributed by atoms with Gasteiger partial charge in [0.2, 0.25) is 10.0 Å². The monoisotopic (exact) mass is 203 g/mol. The number of rotatable bonds is 2. The zero-order chi connectivity index (χ0) is 10.1. The van der Waals surface area contributed by atoms with Gasteiger partial charge in [-0.1, -0.05) is 20.4 Å². The molecule has 0 spiro atoms. The first kappa shape index (κ1) is 10.7. The van der Waals surface area contributed by atoms with Gasteiger partial charge >= 0.3 is 0 Å². The summed E-state index contributed by atoms with van der Waals surface area (Å²) in [6.45, 7) is 8.76. The predicted molar refractivity (Wildman–Crippen MR) is 53.7 cm³/mol. The van der Waals surface area contributed by atoms with E-state index in [-0.39, 0.29) is 5.41 Å². The van der Waals surface area contributed by atoms with Crippen LogP contribution < -0.4 is 0 Å². The van der Waals surface area contributed by atoms with Gasteiger partial charge in [0, 0.05) is 18.5 Å². The number of piperidine rings is 1. The van der Waals surface area contributed by atoms with Crippen molar-refractivity contribution in [1.82, 2.24) is 4.31 Å². The van der Waals surface area contributed by atoms with Crippen molar-refractivity contribution in [3.05, 3.63) is 12.0 Å². The molecule has 0 aromatic rings. The van der Waals surface area contributed by atoms with Gasteiger partial charge in [0.1, 0.15) is 0 Å². The highest BCUT2D eigenvalue weighted by atomic mass is 32.2. The molecule has 0 bridgehead atoms. The molecule has 76 valence electrons. The van der Waals surface area contributed by atoms with Gasteiger partial charge < -0.3 is 0 Å². The normalized spacial score (nSPS) is 24.2. The van der Waals surface area contributed by atoms with Crippen LogP contribution in [0.1, 0.15) is 26.7 Å². The molecule has 0 amide bonds. The van der Waals surface area contributed by atoms with Crippen LogP contribution in [0.5, 0.6) is 0 Å². The summed E-state index contributed by atoms with van der Waals surface area (Å²) in [5.41, 5.74) is 0.105. The molecule has 4 heteroatoms. The molecule has 1 rings (SSSR count). The van der Waals surface area contributed by atoms with Gasteiger partial charge in [-0.2, -0.15) is 4.31 Å². The minimum absolute atomic E-state index is 0.105. The summed E-state index contributed by atoms with van der Waals surface area (Å²) in [4.78, 5) is 0. The molecule has 1 heterocycles. The molecule has 0 radical (unpaired) electrons. The van der Waals surface area contributed by atoms with Crippen molar-refractivity contribution in [3.63, 3.8) is 0 Å². The van der Waals surface area contributed by atoms with Crippen LogP contribution in [-0.2, 0) is 10.0 Å². The topological polar surface area (TPSA) is 37.4 Å². The van der Waals surface area contributed by atoms with Crippen LogP contribution in [0, 0.1) is 5.41 Å². The van der Waals surface area contributed by atoms with E-state index in [1.54, 1.807) is 0 Å². The Bertz CT molecular complexity index is 293. The molecule has 0 N–H and O–H groups in total. The smallest absolute Gasteiger partial charge is 0.208 e. The van der Waals surface area contributed by atoms with Gasteiger partial charge in [-0.25, -0.2) is 8.42 Å². The van der Waals surface area contributed by atoms with Crippen LogP contribution >= 0.6 is 0 Å². The summed E-state index contributed by atoms with van der Waals surface area (Å²) >= 11 is 0. The minimum atomic E-state index is -3.20. The lowest BCUT2D eigenvalue weighted by Gasteiger charge is -2.36. The van der Waals surface area contributed by atoms with Crippen molar-refractivity contribution < 1.29 is 8.42 Å². The van der Waals surface area contributed by atoms with Crippen molar-refractivity contribution in [3.8, 4) is 0 Å². The van der Waals surface area contributed by atoms with Crippen LogP contribution in [0.15, 0.2) is 12.0 Å². The Balaban J connectivity index is 2.79. The van der Waals surface area contributed by atoms with Crippen molar-refractivity contribution in [2.24, 2.45) is 5.41 Å². The van der Waals surface area contributed by atoms with Crippen LogP contribution in [0.4, 0.5) is 0 Å². The molecular weight excluding hydrogens is 186 g/mol. The maximum Gasteiger partial charge on any atom is 0.235 e. The lowest BCUT2D eigenvalue weighted by molar-refractivity contribution is 0.188. The molecule has 1 aliphatic heterocycles. The van der Waals surface area contributed by atoms with Gasteiger partial charge in [0.15, 0.2) is 0 Å². The summed E-state index contributed by atoms with van der Waals surface area (Å²) in [5.74, 6) is 0. The summed E-state index contributed by atoms with van der Waals surface area (Å²) in [5, 5.41) is 1.04. The molecule has 3 nitrogen and oxygen atoms in total. The second kappa shape index (κ2) is 3.42. The standard InChI is InChI=1S/C9H17NO2S/c1-4-13(11,12)10-7-5-6-9(2,3)8-10/h4H,1,5-8H2,2-3H3.